The molecule has 1 N–H and O–H groups in total. The van der Waals surface area contributed by atoms with Crippen LogP contribution in [0, 0.1) is 11.3 Å². The number of hydrogen-bond donors (Lipinski definition) is 1. The molecule has 0 aliphatic rings. The van der Waals surface area contributed by atoms with Gasteiger partial charge >= 0.3 is 12.1 Å². The number of hydroxylamine groups is 2. The molecular formula is C23H36N2O5. The monoisotopic (exact) mass is 420 g/mol. The van der Waals surface area contributed by atoms with Crippen LogP contribution in [0.5, 0.6) is 0 Å². The van der Waals surface area contributed by atoms with Gasteiger partial charge in [-0.2, -0.15) is 5.06 Å². The van der Waals surface area contributed by atoms with E-state index in [-0.39, 0.29) is 18.4 Å². The predicted octanol–water partition coefficient (Wildman–Crippen LogP) is 4.46. The number of carbonyl (C=O) groups is 3. The number of hydrogen-bond acceptors (Lipinski definition) is 5. The standard InChI is InChI=1S/C23H36N2O5/c1-9-23(7,8)20(27)25(15-17-13-11-10-12-14-17)30-19(26)18(16(2)3)24-21(28)29-22(4,5)6/h10-14,16,18H,9,15H2,1-8H3,(H,24,28). The third kappa shape index (κ3) is 8.05. The molecule has 30 heavy (non-hydrogen) atoms. The molecule has 0 aromatic heterocycles. The van der Waals surface area contributed by atoms with Crippen LogP contribution >= 0.6 is 0 Å². The lowest BCUT2D eigenvalue weighted by atomic mass is 9.89. The molecule has 0 radical (unpaired) electrons. The fourth-order valence-corrected chi connectivity index (χ4v) is 2.48. The first-order valence-electron chi connectivity index (χ1n) is 10.3. The summed E-state index contributed by atoms with van der Waals surface area (Å²) in [6.45, 7) is 14.4. The summed E-state index contributed by atoms with van der Waals surface area (Å²) in [6, 6.07) is 8.32. The summed E-state index contributed by atoms with van der Waals surface area (Å²) in [6.07, 6.45) is -0.133. The van der Waals surface area contributed by atoms with Crippen molar-refractivity contribution in [1.29, 1.82) is 0 Å². The van der Waals surface area contributed by atoms with Crippen LogP contribution in [0.15, 0.2) is 30.3 Å². The Morgan fingerprint density at radius 2 is 1.60 bits per heavy atom. The van der Waals surface area contributed by atoms with E-state index in [1.54, 1.807) is 48.5 Å². The van der Waals surface area contributed by atoms with Crippen LogP contribution in [-0.2, 0) is 25.7 Å². The van der Waals surface area contributed by atoms with Gasteiger partial charge in [0.05, 0.1) is 6.54 Å². The molecule has 7 heteroatoms. The highest BCUT2D eigenvalue weighted by Crippen LogP contribution is 2.25. The molecule has 0 saturated heterocycles. The van der Waals surface area contributed by atoms with Gasteiger partial charge < -0.3 is 14.9 Å². The van der Waals surface area contributed by atoms with Gasteiger partial charge in [-0.1, -0.05) is 65.0 Å². The van der Waals surface area contributed by atoms with E-state index in [4.69, 9.17) is 9.57 Å². The van der Waals surface area contributed by atoms with Crippen molar-refractivity contribution in [3.8, 4) is 0 Å². The SMILES string of the molecule is CCC(C)(C)C(=O)N(Cc1ccccc1)OC(=O)C(NC(=O)OC(C)(C)C)C(C)C. The Hall–Kier alpha value is -2.57. The van der Waals surface area contributed by atoms with E-state index in [2.05, 4.69) is 5.32 Å². The highest BCUT2D eigenvalue weighted by Gasteiger charge is 2.36. The van der Waals surface area contributed by atoms with Gasteiger partial charge in [-0.15, -0.1) is 0 Å². The van der Waals surface area contributed by atoms with Crippen molar-refractivity contribution < 1.29 is 24.0 Å². The molecule has 1 atom stereocenters. The number of carbonyl (C=O) groups excluding carboxylic acids is 3. The molecule has 1 rings (SSSR count). The van der Waals surface area contributed by atoms with Crippen molar-refractivity contribution in [2.75, 3.05) is 0 Å². The Bertz CT molecular complexity index is 723. The fourth-order valence-electron chi connectivity index (χ4n) is 2.48. The lowest BCUT2D eigenvalue weighted by Gasteiger charge is -2.31. The zero-order chi connectivity index (χ0) is 23.1. The Morgan fingerprint density at radius 1 is 1.03 bits per heavy atom. The van der Waals surface area contributed by atoms with Gasteiger partial charge in [-0.3, -0.25) is 4.79 Å². The molecule has 0 bridgehead atoms. The number of amides is 2. The number of rotatable bonds is 7. The van der Waals surface area contributed by atoms with E-state index in [9.17, 15) is 14.4 Å². The molecule has 1 aromatic carbocycles. The highest BCUT2D eigenvalue weighted by atomic mass is 16.7. The van der Waals surface area contributed by atoms with E-state index in [0.717, 1.165) is 10.6 Å². The topological polar surface area (TPSA) is 84.9 Å². The van der Waals surface area contributed by atoms with E-state index in [1.165, 1.54) is 0 Å². The maximum absolute atomic E-state index is 13.1. The number of alkyl carbamates (subject to hydrolysis) is 1. The molecule has 0 aliphatic heterocycles. The highest BCUT2D eigenvalue weighted by molar-refractivity contribution is 5.85. The minimum atomic E-state index is -0.962. The van der Waals surface area contributed by atoms with Crippen LogP contribution in [0.25, 0.3) is 0 Å². The summed E-state index contributed by atoms with van der Waals surface area (Å²) in [5, 5.41) is 3.65. The second-order valence-electron chi connectivity index (χ2n) is 9.34. The molecule has 0 spiro atoms. The molecule has 168 valence electrons. The van der Waals surface area contributed by atoms with Crippen LogP contribution in [0.4, 0.5) is 4.79 Å². The first-order chi connectivity index (χ1) is 13.8. The second-order valence-corrected chi connectivity index (χ2v) is 9.34. The van der Waals surface area contributed by atoms with E-state index in [0.29, 0.717) is 6.42 Å². The molecule has 0 saturated carbocycles. The van der Waals surface area contributed by atoms with Crippen LogP contribution in [0.1, 0.15) is 67.4 Å². The summed E-state index contributed by atoms with van der Waals surface area (Å²) in [4.78, 5) is 43.7. The van der Waals surface area contributed by atoms with Gasteiger partial charge in [0.25, 0.3) is 5.91 Å². The third-order valence-electron chi connectivity index (χ3n) is 4.65. The maximum Gasteiger partial charge on any atom is 0.408 e. The van der Waals surface area contributed by atoms with Gasteiger partial charge in [0, 0.05) is 5.41 Å². The normalized spacial score (nSPS) is 12.8. The Kier molecular flexibility index (Phi) is 8.88. The van der Waals surface area contributed by atoms with Gasteiger partial charge in [0.15, 0.2) is 0 Å². The molecular weight excluding hydrogens is 384 g/mol. The first kappa shape index (κ1) is 25.5. The summed E-state index contributed by atoms with van der Waals surface area (Å²) < 4.78 is 5.25. The van der Waals surface area contributed by atoms with Crippen LogP contribution in [0.3, 0.4) is 0 Å². The maximum atomic E-state index is 13.1. The second kappa shape index (κ2) is 10.5. The molecule has 0 aliphatic carbocycles. The van der Waals surface area contributed by atoms with Crippen LogP contribution in [0.2, 0.25) is 0 Å². The lowest BCUT2D eigenvalue weighted by Crippen LogP contribution is -2.50. The van der Waals surface area contributed by atoms with Crippen LogP contribution in [-0.4, -0.2) is 34.7 Å². The van der Waals surface area contributed by atoms with E-state index < -0.39 is 29.1 Å². The number of benzene rings is 1. The summed E-state index contributed by atoms with van der Waals surface area (Å²) in [5.74, 6) is -1.29. The molecule has 0 fully saturated rings. The van der Waals surface area contributed by atoms with Gasteiger partial charge in [-0.05, 0) is 38.7 Å². The number of nitrogens with zero attached hydrogens (tertiary/aromatic N) is 1. The van der Waals surface area contributed by atoms with Gasteiger partial charge in [0.2, 0.25) is 0 Å². The fraction of sp³-hybridized carbons (Fsp3) is 0.609. The zero-order valence-electron chi connectivity index (χ0n) is 19.4. The zero-order valence-corrected chi connectivity index (χ0v) is 19.4. The smallest absolute Gasteiger partial charge is 0.408 e. The van der Waals surface area contributed by atoms with Crippen molar-refractivity contribution >= 4 is 18.0 Å². The van der Waals surface area contributed by atoms with Crippen molar-refractivity contribution in [2.24, 2.45) is 11.3 Å². The average molecular weight is 421 g/mol. The molecule has 1 aromatic rings. The van der Waals surface area contributed by atoms with Gasteiger partial charge in [-0.25, -0.2) is 9.59 Å². The van der Waals surface area contributed by atoms with E-state index >= 15 is 0 Å². The summed E-state index contributed by atoms with van der Waals surface area (Å²) >= 11 is 0. The number of ether oxygens (including phenoxy) is 1. The Labute approximate surface area is 180 Å². The van der Waals surface area contributed by atoms with Gasteiger partial charge in [0.1, 0.15) is 11.6 Å². The van der Waals surface area contributed by atoms with Crippen molar-refractivity contribution in [3.63, 3.8) is 0 Å². The Morgan fingerprint density at radius 3 is 2.07 bits per heavy atom. The molecule has 2 amide bonds. The molecule has 1 unspecified atom stereocenters. The summed E-state index contributed by atoms with van der Waals surface area (Å²) in [5.41, 5.74) is -0.580. The molecule has 7 nitrogen and oxygen atoms in total. The first-order valence-corrected chi connectivity index (χ1v) is 10.3. The predicted molar refractivity (Wildman–Crippen MR) is 115 cm³/mol. The quantitative estimate of drug-likeness (QED) is 0.658. The largest absolute Gasteiger partial charge is 0.444 e. The lowest BCUT2D eigenvalue weighted by molar-refractivity contribution is -0.209. The minimum Gasteiger partial charge on any atom is -0.444 e. The van der Waals surface area contributed by atoms with E-state index in [1.807, 2.05) is 37.3 Å². The minimum absolute atomic E-state index is 0.117. The summed E-state index contributed by atoms with van der Waals surface area (Å²) in [7, 11) is 0. The third-order valence-corrected chi connectivity index (χ3v) is 4.65. The van der Waals surface area contributed by atoms with Crippen molar-refractivity contribution in [3.05, 3.63) is 35.9 Å². The molecule has 0 heterocycles. The van der Waals surface area contributed by atoms with Crippen molar-refractivity contribution in [1.82, 2.24) is 10.4 Å². The Balaban J connectivity index is 3.04. The van der Waals surface area contributed by atoms with Crippen molar-refractivity contribution in [2.45, 2.75) is 80.0 Å². The number of nitrogens with one attached hydrogen (secondary N) is 1. The average Bonchev–Trinajstić information content (AvgIpc) is 2.64. The van der Waals surface area contributed by atoms with Crippen LogP contribution < -0.4 is 5.32 Å².